The van der Waals surface area contributed by atoms with Crippen LogP contribution < -0.4 is 23.7 Å². The number of likely N-dealkylation sites (N-methyl/N-ethyl adjacent to an activating group) is 4. The minimum atomic E-state index is -1.13. The van der Waals surface area contributed by atoms with Gasteiger partial charge in [-0.15, -0.1) is 0 Å². The van der Waals surface area contributed by atoms with E-state index < -0.39 is 68.5 Å². The lowest BCUT2D eigenvalue weighted by Gasteiger charge is -2.64. The van der Waals surface area contributed by atoms with Gasteiger partial charge in [-0.25, -0.2) is 0 Å². The Hall–Kier alpha value is -8.82. The van der Waals surface area contributed by atoms with Crippen molar-refractivity contribution in [3.05, 3.63) is 165 Å². The summed E-state index contributed by atoms with van der Waals surface area (Å²) in [4.78, 5) is 57.7. The fourth-order valence-corrected chi connectivity index (χ4v) is 29.6. The highest BCUT2D eigenvalue weighted by atomic mass is 16.5. The molecule has 0 amide bonds. The predicted octanol–water partition coefficient (Wildman–Crippen LogP) is 7.28. The Labute approximate surface area is 697 Å². The number of phenols is 5. The van der Waals surface area contributed by atoms with Gasteiger partial charge in [0.1, 0.15) is 34.6 Å². The number of methoxy groups -OCH3 is 1. The van der Waals surface area contributed by atoms with Crippen LogP contribution in [0.4, 0.5) is 0 Å². The number of quaternary nitrogens is 2. The highest BCUT2D eigenvalue weighted by molar-refractivity contribution is 5.99. The summed E-state index contributed by atoms with van der Waals surface area (Å²) in [5, 5.41) is 99.2. The van der Waals surface area contributed by atoms with Crippen LogP contribution in [0.15, 0.2) is 109 Å². The number of allylic oxidation sites excluding steroid dienone is 2. The normalized spacial score (nSPS) is 41.3. The van der Waals surface area contributed by atoms with Gasteiger partial charge < -0.3 is 83.3 Å². The van der Waals surface area contributed by atoms with E-state index in [1.165, 1.54) is 48.5 Å². The van der Waals surface area contributed by atoms with E-state index in [1.807, 2.05) is 43.5 Å². The van der Waals surface area contributed by atoms with Crippen LogP contribution in [0.1, 0.15) is 152 Å². The Kier molecular flexibility index (Phi) is 15.9. The number of hydrogen-bond acceptors (Lipinski definition) is 22. The van der Waals surface area contributed by atoms with Crippen LogP contribution in [-0.2, 0) is 83.1 Å². The van der Waals surface area contributed by atoms with Gasteiger partial charge in [-0.3, -0.25) is 33.9 Å². The van der Waals surface area contributed by atoms with Gasteiger partial charge in [0.2, 0.25) is 0 Å². The maximum Gasteiger partial charge on any atom is 0.196 e. The number of benzene rings is 5. The molecule has 24 heteroatoms. The average Bonchev–Trinajstić information content (AvgIpc) is 1.42. The van der Waals surface area contributed by atoms with Crippen LogP contribution in [0.3, 0.4) is 0 Å². The highest BCUT2D eigenvalue weighted by Crippen LogP contribution is 2.71. The van der Waals surface area contributed by atoms with Gasteiger partial charge in [0, 0.05) is 103 Å². The SMILES string of the molecule is C=CC[N+]1(C)CC[C@]23c4c5ccc(O)c4O[C@H]2C(=O)CC[C@@]3(O)[C@H]1C5.CN1CC[C@]23c4c5ccc(O)c4O[C@H]2C(=O)C=C[C@@]3(O)[C@H]1C5.COC1=CC=C2[C@H]3Cc4ccc(O)c5c4[C@@]2(CCN3C)[C@H]1O5.C[N+]1(CC2CC2)CC[C@]23c4c5ccc(O)c4O[C@H]2C(=O)CC[C@@]3(O)[C@H]1C5.O=C1CC[C@@]2(O)[C@H]3Cc4ccc(O)c5c4[C@@]2(CCN3CC2CC2)[C@H]1O5. The molecule has 120 heavy (non-hydrogen) atoms. The molecule has 5 saturated heterocycles. The first kappa shape index (κ1) is 76.1. The lowest BCUT2D eigenvalue weighted by Crippen LogP contribution is -2.80. The summed E-state index contributed by atoms with van der Waals surface area (Å²) in [6.07, 6.45) is 22.0. The zero-order valence-electron chi connectivity index (χ0n) is 68.9. The van der Waals surface area contributed by atoms with Crippen LogP contribution in [0, 0.1) is 11.8 Å². The fraction of sp³-hybridized carbons (Fsp3) is 0.562. The van der Waals surface area contributed by atoms with Gasteiger partial charge in [0.25, 0.3) is 0 Å². The molecule has 10 fully saturated rings. The number of Topliss-reactive ketones (excluding diaryl/α,β-unsaturated/α-hetero) is 3. The molecule has 22 aliphatic rings. The number of piperidine rings is 5. The van der Waals surface area contributed by atoms with E-state index >= 15 is 0 Å². The number of ether oxygens (including phenoxy) is 6. The number of phenolic OH excluding ortho intramolecular Hbond substituents is 5. The van der Waals surface area contributed by atoms with Gasteiger partial charge in [0.15, 0.2) is 111 Å². The van der Waals surface area contributed by atoms with Gasteiger partial charge in [-0.2, -0.15) is 0 Å². The average molecular weight is 1640 g/mol. The molecule has 27 rings (SSSR count). The lowest BCUT2D eigenvalue weighted by molar-refractivity contribution is -0.950. The van der Waals surface area contributed by atoms with Crippen molar-refractivity contribution < 1.29 is 103 Å². The molecule has 12 aliphatic carbocycles. The number of likely N-dealkylation sites (tertiary alicyclic amines) is 5. The van der Waals surface area contributed by atoms with Gasteiger partial charge in [0.05, 0.1) is 80.1 Å². The molecule has 24 nitrogen and oxygen atoms in total. The standard InChI is InChI=1S/C21H25NO4.2C20H23NO4.C18H19NO3.C17H17NO4/c1-22(11-12-2-3-12)9-8-20-17-13-4-5-14(23)18(17)26-19(20)15(24)6-7-21(20,25)16(22)10-13;22-13-4-3-12-9-15-20(24)6-5-14(23)18-19(20,16(12)17(13)25-18)7-8-21(15)10-11-1-2-11;1-3-9-21(2)10-8-19-16-12-4-5-13(22)17(16)25-18(19)14(23)6-7-20(19,24)15(21)11-12;1-19-8-7-18-11-4-6-14(21-2)17(18)22-16-13(20)5-3-10(15(16)18)9-12(11)19;1-18-7-6-16-13-9-2-3-10(19)14(13)22-15(16)11(20)4-5-17(16,21)12(18)8-9/h4-5,12,16,19,25H,2-3,6-11H2,1H3;3-4,11,15,18,22,24H,1-2,5-10H2;3-5,15,18,24H,1,6-11H2,2H3;3-6,12,17,20H,7-9H2,1-2H3;2-5,12,15,19,21H,6-8H2,1H3/p+2/t16-,19+,20+,21-,22?;15-,18+,19+,20-;15-,18+,19+,20-,21?;12-,17+,18+;12-,15+,16+,17-/m11111/s1. The number of hydrogen-bond donors (Lipinski definition) is 9. The minimum Gasteiger partial charge on any atom is -0.504 e. The van der Waals surface area contributed by atoms with Crippen molar-refractivity contribution in [1.82, 2.24) is 14.7 Å². The Morgan fingerprint density at radius 2 is 0.925 bits per heavy atom. The molecule has 0 radical (unpaired) electrons. The van der Waals surface area contributed by atoms with Crippen molar-refractivity contribution >= 4 is 23.1 Å². The van der Waals surface area contributed by atoms with Gasteiger partial charge >= 0.3 is 0 Å². The first-order chi connectivity index (χ1) is 57.5. The molecule has 5 aromatic rings. The van der Waals surface area contributed by atoms with Crippen LogP contribution in [0.2, 0.25) is 0 Å². The van der Waals surface area contributed by atoms with Crippen molar-refractivity contribution in [2.45, 2.75) is 239 Å². The molecule has 9 N–H and O–H groups in total. The molecule has 5 spiro atoms. The van der Waals surface area contributed by atoms with Crippen LogP contribution in [0.5, 0.6) is 57.5 Å². The van der Waals surface area contributed by atoms with E-state index in [0.717, 1.165) is 168 Å². The topological polar surface area (TPSA) is 315 Å². The summed E-state index contributed by atoms with van der Waals surface area (Å²) in [6.45, 7) is 11.4. The third-order valence-corrected chi connectivity index (χ3v) is 35.4. The summed E-state index contributed by atoms with van der Waals surface area (Å²) in [5.74, 6) is 5.44. The molecule has 10 bridgehead atoms. The number of aromatic hydroxyl groups is 5. The van der Waals surface area contributed by atoms with Gasteiger partial charge in [-0.1, -0.05) is 43.0 Å². The molecule has 10 heterocycles. The number of carbonyl (C=O) groups excluding carboxylic acids is 4. The van der Waals surface area contributed by atoms with Gasteiger partial charge in [-0.05, 0) is 211 Å². The smallest absolute Gasteiger partial charge is 0.196 e. The molecule has 0 aromatic heterocycles. The number of nitrogens with zero attached hydrogens (tertiary/aromatic N) is 5. The van der Waals surface area contributed by atoms with E-state index in [-0.39, 0.29) is 87.6 Å². The lowest BCUT2D eigenvalue weighted by atomic mass is 9.48. The highest BCUT2D eigenvalue weighted by Gasteiger charge is 2.80. The second kappa shape index (κ2) is 25.0. The molecule has 2 unspecified atom stereocenters. The molecule has 630 valence electrons. The second-order valence-corrected chi connectivity index (χ2v) is 40.5. The largest absolute Gasteiger partial charge is 0.504 e. The first-order valence-electron chi connectivity index (χ1n) is 44.2. The number of rotatable bonds is 7. The van der Waals surface area contributed by atoms with Crippen LogP contribution >= 0.6 is 0 Å². The van der Waals surface area contributed by atoms with E-state index in [1.54, 1.807) is 43.5 Å². The second-order valence-electron chi connectivity index (χ2n) is 40.5. The Balaban J connectivity index is 0.0000000877. The third-order valence-electron chi connectivity index (χ3n) is 35.4. The molecule has 10 aliphatic heterocycles. The zero-order chi connectivity index (χ0) is 82.8. The summed E-state index contributed by atoms with van der Waals surface area (Å²) in [5.41, 5.74) is 5.04. The summed E-state index contributed by atoms with van der Waals surface area (Å²) >= 11 is 0. The van der Waals surface area contributed by atoms with E-state index in [4.69, 9.17) is 28.4 Å². The molecule has 5 aromatic carbocycles. The number of ketones is 4. The van der Waals surface area contributed by atoms with E-state index in [9.17, 15) is 65.1 Å². The van der Waals surface area contributed by atoms with E-state index in [2.05, 4.69) is 54.6 Å². The van der Waals surface area contributed by atoms with Crippen LogP contribution in [0.25, 0.3) is 0 Å². The molecule has 5 saturated carbocycles. The Morgan fingerprint density at radius 3 is 1.45 bits per heavy atom. The molecular weight excluding hydrogens is 1530 g/mol. The minimum absolute atomic E-state index is 0.00134. The number of aliphatic hydroxyl groups is 4. The summed E-state index contributed by atoms with van der Waals surface area (Å²) < 4.78 is 37.5. The van der Waals surface area contributed by atoms with Crippen LogP contribution in [-0.4, -0.2) is 264 Å². The zero-order valence-corrected chi connectivity index (χ0v) is 68.9. The van der Waals surface area contributed by atoms with Crippen molar-refractivity contribution in [1.29, 1.82) is 0 Å². The van der Waals surface area contributed by atoms with Crippen molar-refractivity contribution in [2.24, 2.45) is 11.8 Å². The monoisotopic (exact) mass is 1640 g/mol. The first-order valence-corrected chi connectivity index (χ1v) is 44.2. The maximum absolute atomic E-state index is 12.8. The van der Waals surface area contributed by atoms with Crippen molar-refractivity contribution in [2.75, 3.05) is 87.7 Å². The number of carbonyl (C=O) groups is 4. The van der Waals surface area contributed by atoms with Crippen molar-refractivity contribution in [3.63, 3.8) is 0 Å². The summed E-state index contributed by atoms with van der Waals surface area (Å²) in [7, 11) is 10.4. The fourth-order valence-electron chi connectivity index (χ4n) is 29.6. The van der Waals surface area contributed by atoms with E-state index in [0.29, 0.717) is 92.6 Å². The maximum atomic E-state index is 12.8. The third kappa shape index (κ3) is 9.22. The quantitative estimate of drug-likeness (QED) is 0.0571. The molecule has 21 atom stereocenters. The molecular formula is C96H109N5O19+2. The Bertz CT molecular complexity index is 5520. The predicted molar refractivity (Wildman–Crippen MR) is 436 cm³/mol. The Morgan fingerprint density at radius 1 is 0.483 bits per heavy atom. The summed E-state index contributed by atoms with van der Waals surface area (Å²) in [6, 6.07) is 18.8. The van der Waals surface area contributed by atoms with Crippen molar-refractivity contribution in [3.8, 4) is 57.5 Å².